The average molecular weight is 497 g/mol. The molecular weight excluding hydrogens is 470 g/mol. The molecule has 1 aromatic carbocycles. The van der Waals surface area contributed by atoms with E-state index in [0.717, 1.165) is 31.0 Å². The number of benzene rings is 1. The maximum atomic E-state index is 14.8. The number of hydrogen-bond donors (Lipinski definition) is 3. The van der Waals surface area contributed by atoms with Gasteiger partial charge in [0.25, 0.3) is 5.91 Å². The molecule has 12 heteroatoms. The maximum Gasteiger partial charge on any atom is 0.254 e. The molecule has 1 saturated carbocycles. The van der Waals surface area contributed by atoms with Crippen LogP contribution in [0.3, 0.4) is 0 Å². The van der Waals surface area contributed by atoms with E-state index in [1.54, 1.807) is 10.7 Å². The largest absolute Gasteiger partial charge is 0.419 e. The first-order chi connectivity index (χ1) is 17.4. The highest BCUT2D eigenvalue weighted by Crippen LogP contribution is 2.37. The second-order valence-corrected chi connectivity index (χ2v) is 8.98. The summed E-state index contributed by atoms with van der Waals surface area (Å²) < 4.78 is 36.6. The molecule has 0 unspecified atom stereocenters. The van der Waals surface area contributed by atoms with Crippen molar-refractivity contribution in [3.05, 3.63) is 53.3 Å². The summed E-state index contributed by atoms with van der Waals surface area (Å²) in [5, 5.41) is 21.4. The van der Waals surface area contributed by atoms with Gasteiger partial charge >= 0.3 is 0 Å². The Morgan fingerprint density at radius 2 is 2.03 bits per heavy atom. The van der Waals surface area contributed by atoms with Crippen molar-refractivity contribution in [2.45, 2.75) is 52.1 Å². The SMILES string of the molecule is CCNCc1nnc(-c2cn3ncnc(Nc4cc(C(=O)NC5CC5)c(F)cc4F)c3c2C(C)C)o1. The maximum absolute atomic E-state index is 14.8. The summed E-state index contributed by atoms with van der Waals surface area (Å²) in [5.74, 6) is -1.31. The molecule has 1 fully saturated rings. The predicted molar refractivity (Wildman–Crippen MR) is 128 cm³/mol. The molecule has 0 saturated heterocycles. The molecule has 3 aromatic heterocycles. The molecule has 3 heterocycles. The summed E-state index contributed by atoms with van der Waals surface area (Å²) in [6.07, 6.45) is 4.76. The van der Waals surface area contributed by atoms with Crippen LogP contribution in [0.5, 0.6) is 0 Å². The molecule has 5 rings (SSSR count). The zero-order valence-corrected chi connectivity index (χ0v) is 20.1. The van der Waals surface area contributed by atoms with E-state index in [9.17, 15) is 13.6 Å². The fraction of sp³-hybridized carbons (Fsp3) is 0.375. The molecular formula is C24H26F2N8O2. The molecule has 3 N–H and O–H groups in total. The minimum atomic E-state index is -0.929. The van der Waals surface area contributed by atoms with Gasteiger partial charge in [0.05, 0.1) is 23.4 Å². The summed E-state index contributed by atoms with van der Waals surface area (Å²) in [4.78, 5) is 16.8. The second-order valence-electron chi connectivity index (χ2n) is 8.98. The lowest BCUT2D eigenvalue weighted by atomic mass is 10.00. The van der Waals surface area contributed by atoms with Crippen LogP contribution in [0.15, 0.2) is 29.1 Å². The van der Waals surface area contributed by atoms with Gasteiger partial charge in [-0.05, 0) is 36.9 Å². The zero-order chi connectivity index (χ0) is 25.4. The molecule has 0 spiro atoms. The van der Waals surface area contributed by atoms with Crippen LogP contribution in [-0.4, -0.2) is 43.3 Å². The van der Waals surface area contributed by atoms with E-state index in [1.807, 2.05) is 20.8 Å². The van der Waals surface area contributed by atoms with E-state index in [2.05, 4.69) is 36.2 Å². The minimum Gasteiger partial charge on any atom is -0.419 e. The number of amides is 1. The third-order valence-electron chi connectivity index (χ3n) is 5.88. The Labute approximate surface area is 205 Å². The van der Waals surface area contributed by atoms with Crippen LogP contribution in [0.2, 0.25) is 0 Å². The van der Waals surface area contributed by atoms with E-state index in [4.69, 9.17) is 4.42 Å². The Morgan fingerprint density at radius 3 is 2.75 bits per heavy atom. The van der Waals surface area contributed by atoms with Gasteiger partial charge in [-0.1, -0.05) is 20.8 Å². The number of nitrogens with one attached hydrogen (secondary N) is 3. The standard InChI is InChI=1S/C24H26F2N8O2/c1-4-27-9-19-32-33-24(36-19)15-10-34-21(20(15)12(2)3)22(28-11-29-34)31-18-7-14(16(25)8-17(18)26)23(35)30-13-5-6-13/h7-8,10-13,27H,4-6,9H2,1-3H3,(H,30,35)(H,28,29,31). The molecule has 188 valence electrons. The Kier molecular flexibility index (Phi) is 6.35. The summed E-state index contributed by atoms with van der Waals surface area (Å²) >= 11 is 0. The van der Waals surface area contributed by atoms with E-state index < -0.39 is 17.5 Å². The molecule has 0 bridgehead atoms. The zero-order valence-electron chi connectivity index (χ0n) is 20.1. The first kappa shape index (κ1) is 23.8. The number of aromatic nitrogens is 5. The fourth-order valence-corrected chi connectivity index (χ4v) is 3.98. The number of nitrogens with zero attached hydrogens (tertiary/aromatic N) is 5. The van der Waals surface area contributed by atoms with E-state index in [-0.39, 0.29) is 29.0 Å². The smallest absolute Gasteiger partial charge is 0.254 e. The molecule has 36 heavy (non-hydrogen) atoms. The van der Waals surface area contributed by atoms with Gasteiger partial charge in [0.2, 0.25) is 11.8 Å². The van der Waals surface area contributed by atoms with E-state index in [0.29, 0.717) is 35.5 Å². The Balaban J connectivity index is 1.55. The number of fused-ring (bicyclic) bond motifs is 1. The van der Waals surface area contributed by atoms with Gasteiger partial charge in [0.15, 0.2) is 5.82 Å². The van der Waals surface area contributed by atoms with E-state index >= 15 is 0 Å². The van der Waals surface area contributed by atoms with Crippen LogP contribution in [0, 0.1) is 11.6 Å². The third-order valence-corrected chi connectivity index (χ3v) is 5.88. The molecule has 4 aromatic rings. The van der Waals surface area contributed by atoms with Crippen molar-refractivity contribution in [3.8, 4) is 11.5 Å². The van der Waals surface area contributed by atoms with Crippen LogP contribution >= 0.6 is 0 Å². The predicted octanol–water partition coefficient (Wildman–Crippen LogP) is 3.93. The molecule has 1 aliphatic rings. The van der Waals surface area contributed by atoms with Gasteiger partial charge < -0.3 is 20.4 Å². The number of carbonyl (C=O) groups excluding carboxylic acids is 1. The van der Waals surface area contributed by atoms with Gasteiger partial charge in [-0.15, -0.1) is 10.2 Å². The molecule has 0 radical (unpaired) electrons. The highest BCUT2D eigenvalue weighted by atomic mass is 19.1. The van der Waals surface area contributed by atoms with Gasteiger partial charge in [-0.25, -0.2) is 18.3 Å². The number of anilines is 2. The van der Waals surface area contributed by atoms with Gasteiger partial charge in [0.1, 0.15) is 23.5 Å². The minimum absolute atomic E-state index is 0.0152. The summed E-state index contributed by atoms with van der Waals surface area (Å²) in [7, 11) is 0. The van der Waals surface area contributed by atoms with Crippen molar-refractivity contribution in [1.29, 1.82) is 0 Å². The molecule has 1 amide bonds. The van der Waals surface area contributed by atoms with Crippen LogP contribution in [0.25, 0.3) is 17.0 Å². The van der Waals surface area contributed by atoms with Crippen LogP contribution < -0.4 is 16.0 Å². The van der Waals surface area contributed by atoms with E-state index in [1.165, 1.54) is 6.33 Å². The highest BCUT2D eigenvalue weighted by Gasteiger charge is 2.27. The number of hydrogen-bond acceptors (Lipinski definition) is 8. The van der Waals surface area contributed by atoms with Crippen molar-refractivity contribution in [2.24, 2.45) is 0 Å². The molecule has 0 atom stereocenters. The highest BCUT2D eigenvalue weighted by molar-refractivity contribution is 5.96. The van der Waals surface area contributed by atoms with Crippen LogP contribution in [0.4, 0.5) is 20.3 Å². The second kappa shape index (κ2) is 9.61. The summed E-state index contributed by atoms with van der Waals surface area (Å²) in [6, 6.07) is 1.89. The lowest BCUT2D eigenvalue weighted by Gasteiger charge is -2.13. The van der Waals surface area contributed by atoms with Crippen molar-refractivity contribution in [3.63, 3.8) is 0 Å². The van der Waals surface area contributed by atoms with Crippen molar-refractivity contribution in [2.75, 3.05) is 11.9 Å². The van der Waals surface area contributed by atoms with Crippen LogP contribution in [0.1, 0.15) is 61.3 Å². The lowest BCUT2D eigenvalue weighted by Crippen LogP contribution is -2.26. The Bertz CT molecular complexity index is 1430. The number of rotatable bonds is 9. The molecule has 0 aliphatic heterocycles. The van der Waals surface area contributed by atoms with Crippen LogP contribution in [-0.2, 0) is 6.54 Å². The fourth-order valence-electron chi connectivity index (χ4n) is 3.98. The first-order valence-corrected chi connectivity index (χ1v) is 11.8. The Hall–Kier alpha value is -3.93. The first-order valence-electron chi connectivity index (χ1n) is 11.8. The molecule has 1 aliphatic carbocycles. The summed E-state index contributed by atoms with van der Waals surface area (Å²) in [6.45, 7) is 7.17. The van der Waals surface area contributed by atoms with Gasteiger partial charge in [-0.3, -0.25) is 4.79 Å². The van der Waals surface area contributed by atoms with Crippen molar-refractivity contribution >= 4 is 22.9 Å². The average Bonchev–Trinajstić information content (AvgIpc) is 3.37. The topological polar surface area (TPSA) is 122 Å². The molecule has 10 nitrogen and oxygen atoms in total. The third kappa shape index (κ3) is 4.63. The normalized spacial score (nSPS) is 13.5. The Morgan fingerprint density at radius 1 is 1.22 bits per heavy atom. The monoisotopic (exact) mass is 496 g/mol. The van der Waals surface area contributed by atoms with Crippen molar-refractivity contribution in [1.82, 2.24) is 35.4 Å². The van der Waals surface area contributed by atoms with Gasteiger partial charge in [0, 0.05) is 18.3 Å². The number of halogens is 2. The number of carbonyl (C=O) groups is 1. The lowest BCUT2D eigenvalue weighted by molar-refractivity contribution is 0.0947. The quantitative estimate of drug-likeness (QED) is 0.319. The van der Waals surface area contributed by atoms with Gasteiger partial charge in [-0.2, -0.15) is 5.10 Å². The van der Waals surface area contributed by atoms with Crippen molar-refractivity contribution < 1.29 is 18.0 Å². The summed E-state index contributed by atoms with van der Waals surface area (Å²) in [5.41, 5.74) is 1.73.